The lowest BCUT2D eigenvalue weighted by Gasteiger charge is -2.24. The number of sulfonamides is 1. The zero-order valence-corrected chi connectivity index (χ0v) is 23.7. The Kier molecular flexibility index (Phi) is 8.43. The third-order valence-corrected chi connectivity index (χ3v) is 7.54. The summed E-state index contributed by atoms with van der Waals surface area (Å²) in [5.74, 6) is -1.71. The highest BCUT2D eigenvalue weighted by Crippen LogP contribution is 2.38. The lowest BCUT2D eigenvalue weighted by molar-refractivity contribution is -0.139. The summed E-state index contributed by atoms with van der Waals surface area (Å²) in [6.45, 7) is -0.362. The van der Waals surface area contributed by atoms with Crippen LogP contribution in [0.25, 0.3) is 11.3 Å². The van der Waals surface area contributed by atoms with E-state index in [1.807, 2.05) is 0 Å². The van der Waals surface area contributed by atoms with Gasteiger partial charge < -0.3 is 20.3 Å². The van der Waals surface area contributed by atoms with Crippen molar-refractivity contribution < 1.29 is 31.9 Å². The highest BCUT2D eigenvalue weighted by atomic mass is 32.2. The molecule has 0 aliphatic carbocycles. The van der Waals surface area contributed by atoms with Gasteiger partial charge >= 0.3 is 5.97 Å². The maximum absolute atomic E-state index is 13.9. The van der Waals surface area contributed by atoms with E-state index in [4.69, 9.17) is 4.74 Å². The molecule has 2 N–H and O–H groups in total. The summed E-state index contributed by atoms with van der Waals surface area (Å²) in [6, 6.07) is 17.3. The van der Waals surface area contributed by atoms with Crippen LogP contribution >= 0.6 is 0 Å². The van der Waals surface area contributed by atoms with Gasteiger partial charge in [-0.05, 0) is 53.6 Å². The predicted molar refractivity (Wildman–Crippen MR) is 155 cm³/mol. The molecule has 1 heterocycles. The molecule has 0 unspecified atom stereocenters. The van der Waals surface area contributed by atoms with Crippen LogP contribution in [0.1, 0.15) is 16.7 Å². The van der Waals surface area contributed by atoms with E-state index in [1.165, 1.54) is 30.2 Å². The minimum atomic E-state index is -3.76. The zero-order chi connectivity index (χ0) is 29.9. The highest BCUT2D eigenvalue weighted by Gasteiger charge is 2.29. The zero-order valence-electron chi connectivity index (χ0n) is 22.9. The second-order valence-corrected chi connectivity index (χ2v) is 11.5. The SMILES string of the molecule is COC(=O)Cc1ccc(C(Nc2ccc(N(CC(=O)N(C)C)S(C)(=O)=O)cc2)=C2C(=O)Nc3cc(F)ccc32)cc1. The van der Waals surface area contributed by atoms with Crippen LogP contribution in [0.4, 0.5) is 21.5 Å². The molecular weight excluding hydrogens is 551 g/mol. The van der Waals surface area contributed by atoms with Gasteiger partial charge in [0.1, 0.15) is 12.4 Å². The van der Waals surface area contributed by atoms with Crippen molar-refractivity contribution in [3.8, 4) is 0 Å². The molecule has 0 radical (unpaired) electrons. The standard InChI is InChI=1S/C29H29FN4O6S/c1-33(2)25(35)17-34(41(4,38)39)22-12-10-21(11-13-22)31-28(19-7-5-18(6-8-19)15-26(36)40-3)27-23-14-9-20(30)16-24(23)32-29(27)37/h5-14,16,31H,15,17H2,1-4H3,(H,32,37). The van der Waals surface area contributed by atoms with Crippen LogP contribution in [0.2, 0.25) is 0 Å². The van der Waals surface area contributed by atoms with Gasteiger partial charge in [-0.3, -0.25) is 18.7 Å². The van der Waals surface area contributed by atoms with Gasteiger partial charge in [-0.15, -0.1) is 0 Å². The monoisotopic (exact) mass is 580 g/mol. The van der Waals surface area contributed by atoms with Crippen molar-refractivity contribution in [1.29, 1.82) is 0 Å². The van der Waals surface area contributed by atoms with Crippen LogP contribution in [0.5, 0.6) is 0 Å². The van der Waals surface area contributed by atoms with Gasteiger partial charge in [-0.25, -0.2) is 12.8 Å². The number of hydrogen-bond acceptors (Lipinski definition) is 7. The Balaban J connectivity index is 1.74. The Morgan fingerprint density at radius 2 is 1.66 bits per heavy atom. The summed E-state index contributed by atoms with van der Waals surface area (Å²) in [5.41, 5.74) is 3.64. The number of amides is 2. The highest BCUT2D eigenvalue weighted by molar-refractivity contribution is 7.92. The Bertz CT molecular complexity index is 1630. The van der Waals surface area contributed by atoms with Crippen LogP contribution in [-0.2, 0) is 35.6 Å². The third kappa shape index (κ3) is 6.72. The van der Waals surface area contributed by atoms with Crippen molar-refractivity contribution in [2.24, 2.45) is 0 Å². The first-order valence-corrected chi connectivity index (χ1v) is 14.3. The number of fused-ring (bicyclic) bond motifs is 1. The third-order valence-electron chi connectivity index (χ3n) is 6.40. The smallest absolute Gasteiger partial charge is 0.309 e. The first-order valence-electron chi connectivity index (χ1n) is 12.4. The van der Waals surface area contributed by atoms with Crippen molar-refractivity contribution >= 4 is 56.1 Å². The number of nitrogens with zero attached hydrogens (tertiary/aromatic N) is 2. The first-order chi connectivity index (χ1) is 19.4. The van der Waals surface area contributed by atoms with Crippen molar-refractivity contribution in [2.45, 2.75) is 6.42 Å². The molecule has 2 amide bonds. The van der Waals surface area contributed by atoms with E-state index in [-0.39, 0.29) is 30.1 Å². The van der Waals surface area contributed by atoms with Crippen molar-refractivity contribution in [3.63, 3.8) is 0 Å². The number of carbonyl (C=O) groups excluding carboxylic acids is 3. The number of anilines is 3. The lowest BCUT2D eigenvalue weighted by Crippen LogP contribution is -2.39. The average molecular weight is 581 g/mol. The molecule has 4 rings (SSSR count). The number of methoxy groups -OCH3 is 1. The molecule has 0 atom stereocenters. The van der Waals surface area contributed by atoms with Crippen molar-refractivity contribution in [3.05, 3.63) is 89.2 Å². The second-order valence-electron chi connectivity index (χ2n) is 9.57. The van der Waals surface area contributed by atoms with E-state index in [1.54, 1.807) is 62.6 Å². The van der Waals surface area contributed by atoms with E-state index in [9.17, 15) is 27.2 Å². The molecule has 41 heavy (non-hydrogen) atoms. The van der Waals surface area contributed by atoms with E-state index in [0.29, 0.717) is 33.8 Å². The van der Waals surface area contributed by atoms with Gasteiger partial charge in [0.2, 0.25) is 15.9 Å². The van der Waals surface area contributed by atoms with Crippen LogP contribution in [0.3, 0.4) is 0 Å². The maximum atomic E-state index is 13.9. The Morgan fingerprint density at radius 1 is 1.00 bits per heavy atom. The van der Waals surface area contributed by atoms with Gasteiger partial charge in [0, 0.05) is 25.3 Å². The Hall–Kier alpha value is -4.71. The molecule has 12 heteroatoms. The normalized spacial score (nSPS) is 13.6. The topological polar surface area (TPSA) is 125 Å². The van der Waals surface area contributed by atoms with E-state index in [0.717, 1.165) is 10.6 Å². The number of ether oxygens (including phenoxy) is 1. The number of esters is 1. The summed E-state index contributed by atoms with van der Waals surface area (Å²) in [7, 11) is 0.631. The van der Waals surface area contributed by atoms with Gasteiger partial charge in [-0.2, -0.15) is 0 Å². The predicted octanol–water partition coefficient (Wildman–Crippen LogP) is 3.33. The number of hydrogen-bond donors (Lipinski definition) is 2. The van der Waals surface area contributed by atoms with Crippen molar-refractivity contribution in [1.82, 2.24) is 4.90 Å². The number of nitrogens with one attached hydrogen (secondary N) is 2. The Morgan fingerprint density at radius 3 is 2.24 bits per heavy atom. The molecule has 0 aromatic heterocycles. The summed E-state index contributed by atoms with van der Waals surface area (Å²) in [5, 5.41) is 5.94. The largest absolute Gasteiger partial charge is 0.469 e. The van der Waals surface area contributed by atoms with Crippen LogP contribution < -0.4 is 14.9 Å². The first kappa shape index (κ1) is 29.3. The molecule has 0 saturated heterocycles. The number of carbonyl (C=O) groups is 3. The molecule has 1 aliphatic rings. The summed E-state index contributed by atoms with van der Waals surface area (Å²) in [6.07, 6.45) is 1.10. The van der Waals surface area contributed by atoms with Crippen molar-refractivity contribution in [2.75, 3.05) is 48.9 Å². The Labute approximate surface area is 237 Å². The molecule has 1 aliphatic heterocycles. The number of rotatable bonds is 9. The second kappa shape index (κ2) is 11.8. The lowest BCUT2D eigenvalue weighted by atomic mass is 9.98. The maximum Gasteiger partial charge on any atom is 0.309 e. The number of likely N-dealkylation sites (N-methyl/N-ethyl adjacent to an activating group) is 1. The molecule has 3 aromatic rings. The fourth-order valence-corrected chi connectivity index (χ4v) is 5.07. The van der Waals surface area contributed by atoms with Crippen LogP contribution in [0.15, 0.2) is 66.7 Å². The fraction of sp³-hybridized carbons (Fsp3) is 0.207. The molecule has 0 saturated carbocycles. The van der Waals surface area contributed by atoms with Gasteiger partial charge in [-0.1, -0.05) is 24.3 Å². The molecule has 0 spiro atoms. The molecular formula is C29H29FN4O6S. The summed E-state index contributed by atoms with van der Waals surface area (Å²) >= 11 is 0. The minimum Gasteiger partial charge on any atom is -0.469 e. The van der Waals surface area contributed by atoms with Gasteiger partial charge in [0.15, 0.2) is 0 Å². The summed E-state index contributed by atoms with van der Waals surface area (Å²) < 4.78 is 44.5. The van der Waals surface area contributed by atoms with Crippen LogP contribution in [-0.4, -0.2) is 65.1 Å². The quantitative estimate of drug-likeness (QED) is 0.294. The van der Waals surface area contributed by atoms with E-state index < -0.39 is 27.7 Å². The van der Waals surface area contributed by atoms with Gasteiger partial charge in [0.05, 0.1) is 42.4 Å². The molecule has 0 fully saturated rings. The minimum absolute atomic E-state index is 0.0767. The van der Waals surface area contributed by atoms with E-state index in [2.05, 4.69) is 10.6 Å². The fourth-order valence-electron chi connectivity index (χ4n) is 4.22. The molecule has 214 valence electrons. The van der Waals surface area contributed by atoms with Crippen LogP contribution in [0, 0.1) is 5.82 Å². The van der Waals surface area contributed by atoms with Gasteiger partial charge in [0.25, 0.3) is 5.91 Å². The summed E-state index contributed by atoms with van der Waals surface area (Å²) in [4.78, 5) is 38.4. The molecule has 10 nitrogen and oxygen atoms in total. The number of halogens is 1. The molecule has 3 aromatic carbocycles. The molecule has 0 bridgehead atoms. The number of benzene rings is 3. The average Bonchev–Trinajstić information content (AvgIpc) is 3.24. The van der Waals surface area contributed by atoms with E-state index >= 15 is 0 Å².